The normalized spacial score (nSPS) is 10.8. The van der Waals surface area contributed by atoms with E-state index in [-0.39, 0.29) is 33.9 Å². The Labute approximate surface area is 174 Å². The number of aromatic amines is 1. The number of H-pyrrole nitrogens is 1. The Morgan fingerprint density at radius 2 is 1.83 bits per heavy atom. The second-order valence-electron chi connectivity index (χ2n) is 6.84. The SMILES string of the molecule is COc1cc(C(=O)OCC(=O)c2[nH]c(C)c(C(C)=O)c2C)cc(Cl)c1OC(C)C. The average molecular weight is 422 g/mol. The van der Waals surface area contributed by atoms with E-state index in [0.29, 0.717) is 22.6 Å². The summed E-state index contributed by atoms with van der Waals surface area (Å²) in [6.45, 7) is 8.01. The number of ketones is 2. The summed E-state index contributed by atoms with van der Waals surface area (Å²) in [5, 5.41) is 0.193. The van der Waals surface area contributed by atoms with Gasteiger partial charge in [-0.15, -0.1) is 0 Å². The van der Waals surface area contributed by atoms with Crippen molar-refractivity contribution in [2.24, 2.45) is 0 Å². The van der Waals surface area contributed by atoms with Crippen LogP contribution >= 0.6 is 11.6 Å². The van der Waals surface area contributed by atoms with Gasteiger partial charge in [-0.25, -0.2) is 4.79 Å². The zero-order chi connectivity index (χ0) is 21.9. The van der Waals surface area contributed by atoms with Gasteiger partial charge in [-0.2, -0.15) is 0 Å². The molecule has 0 saturated carbocycles. The summed E-state index contributed by atoms with van der Waals surface area (Å²) in [6, 6.07) is 2.83. The van der Waals surface area contributed by atoms with Crippen LogP contribution in [0.4, 0.5) is 0 Å². The van der Waals surface area contributed by atoms with E-state index in [0.717, 1.165) is 0 Å². The number of carbonyl (C=O) groups excluding carboxylic acids is 3. The first kappa shape index (κ1) is 22.5. The number of aromatic nitrogens is 1. The minimum Gasteiger partial charge on any atom is -0.493 e. The number of aryl methyl sites for hydroxylation is 1. The average Bonchev–Trinajstić information content (AvgIpc) is 2.94. The van der Waals surface area contributed by atoms with Crippen LogP contribution in [0.3, 0.4) is 0 Å². The van der Waals surface area contributed by atoms with Crippen molar-refractivity contribution in [2.75, 3.05) is 13.7 Å². The van der Waals surface area contributed by atoms with Gasteiger partial charge in [0.15, 0.2) is 23.9 Å². The van der Waals surface area contributed by atoms with E-state index in [1.165, 1.54) is 26.2 Å². The van der Waals surface area contributed by atoms with Crippen LogP contribution in [-0.4, -0.2) is 42.3 Å². The zero-order valence-electron chi connectivity index (χ0n) is 17.3. The van der Waals surface area contributed by atoms with Crippen LogP contribution in [-0.2, 0) is 4.74 Å². The largest absolute Gasteiger partial charge is 0.493 e. The number of esters is 1. The second kappa shape index (κ2) is 9.13. The highest BCUT2D eigenvalue weighted by Crippen LogP contribution is 2.37. The van der Waals surface area contributed by atoms with Crippen LogP contribution in [0.1, 0.15) is 63.2 Å². The highest BCUT2D eigenvalue weighted by atomic mass is 35.5. The van der Waals surface area contributed by atoms with Gasteiger partial charge in [-0.05, 0) is 52.3 Å². The van der Waals surface area contributed by atoms with E-state index >= 15 is 0 Å². The number of Topliss-reactive ketones (excluding diaryl/α,β-unsaturated/α-hetero) is 2. The fraction of sp³-hybridized carbons (Fsp3) is 0.381. The molecule has 0 aliphatic carbocycles. The molecule has 29 heavy (non-hydrogen) atoms. The smallest absolute Gasteiger partial charge is 0.338 e. The molecule has 1 heterocycles. The summed E-state index contributed by atoms with van der Waals surface area (Å²) in [5.74, 6) is -0.707. The minimum atomic E-state index is -0.734. The van der Waals surface area contributed by atoms with Crippen molar-refractivity contribution in [1.82, 2.24) is 4.98 Å². The second-order valence-corrected chi connectivity index (χ2v) is 7.24. The van der Waals surface area contributed by atoms with E-state index < -0.39 is 18.4 Å². The Morgan fingerprint density at radius 3 is 2.34 bits per heavy atom. The van der Waals surface area contributed by atoms with Crippen molar-refractivity contribution in [3.8, 4) is 11.5 Å². The highest BCUT2D eigenvalue weighted by molar-refractivity contribution is 6.32. The molecule has 0 radical (unpaired) electrons. The number of rotatable bonds is 8. The fourth-order valence-electron chi connectivity index (χ4n) is 3.03. The summed E-state index contributed by atoms with van der Waals surface area (Å²) < 4.78 is 16.0. The van der Waals surface area contributed by atoms with Crippen molar-refractivity contribution in [1.29, 1.82) is 0 Å². The van der Waals surface area contributed by atoms with E-state index in [4.69, 9.17) is 25.8 Å². The number of nitrogens with one attached hydrogen (secondary N) is 1. The first-order valence-corrected chi connectivity index (χ1v) is 9.39. The number of ether oxygens (including phenoxy) is 3. The van der Waals surface area contributed by atoms with Gasteiger partial charge < -0.3 is 19.2 Å². The van der Waals surface area contributed by atoms with Crippen molar-refractivity contribution in [3.05, 3.63) is 45.2 Å². The van der Waals surface area contributed by atoms with Crippen LogP contribution in [0.15, 0.2) is 12.1 Å². The van der Waals surface area contributed by atoms with Crippen molar-refractivity contribution in [2.45, 2.75) is 40.7 Å². The molecule has 0 saturated heterocycles. The molecular formula is C21H24ClNO6. The lowest BCUT2D eigenvalue weighted by Crippen LogP contribution is -2.16. The van der Waals surface area contributed by atoms with Gasteiger partial charge >= 0.3 is 5.97 Å². The molecule has 0 fully saturated rings. The molecule has 2 rings (SSSR count). The predicted octanol–water partition coefficient (Wildman–Crippen LogP) is 4.32. The fourth-order valence-corrected chi connectivity index (χ4v) is 3.29. The Kier molecular flexibility index (Phi) is 7.08. The predicted molar refractivity (Wildman–Crippen MR) is 109 cm³/mol. The summed E-state index contributed by atoms with van der Waals surface area (Å²) in [7, 11) is 1.43. The number of benzene rings is 1. The third-order valence-electron chi connectivity index (χ3n) is 4.22. The standard InChI is InChI=1S/C21H24ClNO6/c1-10(2)29-20-15(22)7-14(8-17(20)27-6)21(26)28-9-16(25)19-11(3)18(13(5)24)12(4)23-19/h7-8,10,23H,9H2,1-6H3. The molecule has 0 amide bonds. The van der Waals surface area contributed by atoms with Crippen LogP contribution < -0.4 is 9.47 Å². The van der Waals surface area contributed by atoms with Crippen LogP contribution in [0.5, 0.6) is 11.5 Å². The summed E-state index contributed by atoms with van der Waals surface area (Å²) in [5.41, 5.74) is 1.98. The van der Waals surface area contributed by atoms with Gasteiger partial charge in [0.25, 0.3) is 0 Å². The number of hydrogen-bond acceptors (Lipinski definition) is 6. The molecular weight excluding hydrogens is 398 g/mol. The van der Waals surface area contributed by atoms with Crippen molar-refractivity contribution < 1.29 is 28.6 Å². The molecule has 0 spiro atoms. The maximum absolute atomic E-state index is 12.5. The van der Waals surface area contributed by atoms with Gasteiger partial charge in [0.05, 0.1) is 29.5 Å². The van der Waals surface area contributed by atoms with E-state index in [9.17, 15) is 14.4 Å². The first-order valence-electron chi connectivity index (χ1n) is 9.01. The maximum atomic E-state index is 12.5. The van der Waals surface area contributed by atoms with Gasteiger partial charge in [0.1, 0.15) is 0 Å². The minimum absolute atomic E-state index is 0.125. The number of methoxy groups -OCH3 is 1. The molecule has 0 aliphatic heterocycles. The molecule has 1 aromatic carbocycles. The Hall–Kier alpha value is -2.80. The monoisotopic (exact) mass is 421 g/mol. The molecule has 0 bridgehead atoms. The number of hydrogen-bond donors (Lipinski definition) is 1. The molecule has 156 valence electrons. The maximum Gasteiger partial charge on any atom is 0.338 e. The third kappa shape index (κ3) is 4.98. The van der Waals surface area contributed by atoms with E-state index in [2.05, 4.69) is 4.98 Å². The molecule has 0 unspecified atom stereocenters. The topological polar surface area (TPSA) is 94.7 Å². The summed E-state index contributed by atoms with van der Waals surface area (Å²) in [4.78, 5) is 39.5. The Balaban J connectivity index is 2.17. The quantitative estimate of drug-likeness (QED) is 0.503. The van der Waals surface area contributed by atoms with Gasteiger partial charge in [0.2, 0.25) is 5.78 Å². The van der Waals surface area contributed by atoms with Gasteiger partial charge in [-0.3, -0.25) is 9.59 Å². The molecule has 8 heteroatoms. The van der Waals surface area contributed by atoms with Crippen molar-refractivity contribution in [3.63, 3.8) is 0 Å². The Bertz CT molecular complexity index is 961. The molecule has 0 atom stereocenters. The number of carbonyl (C=O) groups is 3. The lowest BCUT2D eigenvalue weighted by atomic mass is 10.1. The van der Waals surface area contributed by atoms with E-state index in [1.54, 1.807) is 13.8 Å². The Morgan fingerprint density at radius 1 is 1.17 bits per heavy atom. The highest BCUT2D eigenvalue weighted by Gasteiger charge is 2.22. The van der Waals surface area contributed by atoms with Crippen molar-refractivity contribution >= 4 is 29.1 Å². The zero-order valence-corrected chi connectivity index (χ0v) is 18.0. The van der Waals surface area contributed by atoms with Gasteiger partial charge in [-0.1, -0.05) is 11.6 Å². The lowest BCUT2D eigenvalue weighted by molar-refractivity contribution is 0.0473. The van der Waals surface area contributed by atoms with Crippen LogP contribution in [0.25, 0.3) is 0 Å². The van der Waals surface area contributed by atoms with Crippen LogP contribution in [0, 0.1) is 13.8 Å². The molecule has 2 aromatic rings. The molecule has 7 nitrogen and oxygen atoms in total. The van der Waals surface area contributed by atoms with E-state index in [1.807, 2.05) is 13.8 Å². The summed E-state index contributed by atoms with van der Waals surface area (Å²) in [6.07, 6.45) is -0.135. The lowest BCUT2D eigenvalue weighted by Gasteiger charge is -2.16. The summed E-state index contributed by atoms with van der Waals surface area (Å²) >= 11 is 6.21. The van der Waals surface area contributed by atoms with Crippen LogP contribution in [0.2, 0.25) is 5.02 Å². The number of halogens is 1. The van der Waals surface area contributed by atoms with Gasteiger partial charge in [0, 0.05) is 11.3 Å². The third-order valence-corrected chi connectivity index (χ3v) is 4.50. The molecule has 1 aromatic heterocycles. The molecule has 0 aliphatic rings. The first-order chi connectivity index (χ1) is 13.6. The molecule has 1 N–H and O–H groups in total.